The van der Waals surface area contributed by atoms with Crippen molar-refractivity contribution in [3.05, 3.63) is 29.8 Å². The highest BCUT2D eigenvalue weighted by Gasteiger charge is 2.72. The second-order valence-electron chi connectivity index (χ2n) is 5.50. The quantitative estimate of drug-likeness (QED) is 0.423. The number of unbranched alkanes of at least 4 members (excludes halogenated alkanes) is 1. The monoisotopic (exact) mass is 376 g/mol. The molecule has 25 heavy (non-hydrogen) atoms. The molecule has 144 valence electrons. The summed E-state index contributed by atoms with van der Waals surface area (Å²) in [6.45, 7) is 2.27. The third-order valence-electron chi connectivity index (χ3n) is 3.65. The number of rotatable bonds is 8. The van der Waals surface area contributed by atoms with Crippen molar-refractivity contribution >= 4 is 0 Å². The molecule has 1 aromatic carbocycles. The van der Waals surface area contributed by atoms with Crippen LogP contribution in [0.4, 0.5) is 30.7 Å². The second-order valence-corrected chi connectivity index (χ2v) is 5.50. The van der Waals surface area contributed by atoms with Gasteiger partial charge in [-0.1, -0.05) is 25.5 Å². The van der Waals surface area contributed by atoms with Gasteiger partial charge in [-0.3, -0.25) is 0 Å². The summed E-state index contributed by atoms with van der Waals surface area (Å²) in [7, 11) is 0.919. The summed E-state index contributed by atoms with van der Waals surface area (Å²) in [5, 5.41) is 0. The van der Waals surface area contributed by atoms with Crippen LogP contribution >= 0.6 is 0 Å². The van der Waals surface area contributed by atoms with E-state index in [9.17, 15) is 30.7 Å². The van der Waals surface area contributed by atoms with Gasteiger partial charge in [0, 0.05) is 13.5 Å². The Balaban J connectivity index is 3.07. The van der Waals surface area contributed by atoms with Gasteiger partial charge in [0.05, 0.1) is 12.7 Å². The molecule has 1 atom stereocenters. The fraction of sp³-hybridized carbons (Fsp3) is 0.625. The molecule has 0 N–H and O–H groups in total. The maximum atomic E-state index is 13.9. The van der Waals surface area contributed by atoms with E-state index in [4.69, 9.17) is 9.47 Å². The van der Waals surface area contributed by atoms with Gasteiger partial charge in [0.2, 0.25) is 0 Å². The first kappa shape index (κ1) is 21.5. The van der Waals surface area contributed by atoms with Crippen LogP contribution in [-0.4, -0.2) is 31.7 Å². The molecule has 0 aliphatic carbocycles. The minimum absolute atomic E-state index is 0.0352. The minimum atomic E-state index is -6.11. The van der Waals surface area contributed by atoms with Crippen molar-refractivity contribution in [3.63, 3.8) is 0 Å². The molecule has 0 spiro atoms. The Kier molecular flexibility index (Phi) is 7.10. The van der Waals surface area contributed by atoms with E-state index >= 15 is 0 Å². The van der Waals surface area contributed by atoms with E-state index in [0.29, 0.717) is 6.61 Å². The third-order valence-corrected chi connectivity index (χ3v) is 3.65. The molecule has 0 radical (unpaired) electrons. The summed E-state index contributed by atoms with van der Waals surface area (Å²) < 4.78 is 100. The number of hydrogen-bond acceptors (Lipinski definition) is 2. The van der Waals surface area contributed by atoms with Gasteiger partial charge in [0.15, 0.2) is 0 Å². The molecule has 9 heteroatoms. The molecule has 0 saturated carbocycles. The minimum Gasteiger partial charge on any atom is -0.494 e. The fourth-order valence-corrected chi connectivity index (χ4v) is 2.12. The molecule has 1 unspecified atom stereocenters. The Labute approximate surface area is 140 Å². The average Bonchev–Trinajstić information content (AvgIpc) is 2.50. The summed E-state index contributed by atoms with van der Waals surface area (Å²) in [6.07, 6.45) is -14.3. The van der Waals surface area contributed by atoms with Crippen LogP contribution in [0.25, 0.3) is 0 Å². The molecule has 1 aromatic rings. The Morgan fingerprint density at radius 1 is 1.00 bits per heavy atom. The van der Waals surface area contributed by atoms with E-state index in [-0.39, 0.29) is 11.3 Å². The van der Waals surface area contributed by atoms with Gasteiger partial charge in [0.25, 0.3) is 0 Å². The second kappa shape index (κ2) is 8.25. The Morgan fingerprint density at radius 3 is 2.08 bits per heavy atom. The summed E-state index contributed by atoms with van der Waals surface area (Å²) >= 11 is 0. The van der Waals surface area contributed by atoms with Crippen LogP contribution in [0, 0.1) is 0 Å². The van der Waals surface area contributed by atoms with Gasteiger partial charge in [-0.15, -0.1) is 0 Å². The van der Waals surface area contributed by atoms with Crippen molar-refractivity contribution in [3.8, 4) is 5.75 Å². The van der Waals surface area contributed by atoms with Crippen molar-refractivity contribution in [1.29, 1.82) is 0 Å². The van der Waals surface area contributed by atoms with E-state index in [1.54, 1.807) is 0 Å². The Morgan fingerprint density at radius 2 is 1.60 bits per heavy atom. The SMILES string of the molecule is CCCCOc1cccc(C(CC(F)(C(F)(F)F)C(F)(F)F)OC)c1. The summed E-state index contributed by atoms with van der Waals surface area (Å²) in [5.41, 5.74) is -5.41. The highest BCUT2D eigenvalue weighted by atomic mass is 19.4. The summed E-state index contributed by atoms with van der Waals surface area (Å²) in [5.74, 6) is 0.261. The fourth-order valence-electron chi connectivity index (χ4n) is 2.12. The van der Waals surface area contributed by atoms with Crippen LogP contribution in [0.2, 0.25) is 0 Å². The number of hydrogen-bond donors (Lipinski definition) is 0. The number of ether oxygens (including phenoxy) is 2. The molecule has 2 nitrogen and oxygen atoms in total. The van der Waals surface area contributed by atoms with Gasteiger partial charge in [-0.25, -0.2) is 4.39 Å². The van der Waals surface area contributed by atoms with Crippen molar-refractivity contribution in [2.45, 2.75) is 50.3 Å². The standard InChI is InChI=1S/C16H19F7O2/c1-3-4-8-25-12-7-5-6-11(9-12)13(24-2)10-14(17,15(18,19)20)16(21,22)23/h5-7,9,13H,3-4,8,10H2,1-2H3. The predicted molar refractivity (Wildman–Crippen MR) is 77.2 cm³/mol. The van der Waals surface area contributed by atoms with E-state index in [2.05, 4.69) is 0 Å². The van der Waals surface area contributed by atoms with Gasteiger partial charge < -0.3 is 9.47 Å². The molecule has 0 aromatic heterocycles. The van der Waals surface area contributed by atoms with Crippen molar-refractivity contribution in [2.75, 3.05) is 13.7 Å². The first-order valence-corrected chi connectivity index (χ1v) is 7.54. The van der Waals surface area contributed by atoms with E-state index in [1.165, 1.54) is 24.3 Å². The number of halogens is 7. The zero-order valence-corrected chi connectivity index (χ0v) is 13.7. The average molecular weight is 376 g/mol. The molecule has 0 aliphatic rings. The molecular formula is C16H19F7O2. The van der Waals surface area contributed by atoms with Crippen LogP contribution in [0.3, 0.4) is 0 Å². The largest absolute Gasteiger partial charge is 0.494 e. The first-order valence-electron chi connectivity index (χ1n) is 7.54. The molecule has 0 aliphatic heterocycles. The van der Waals surface area contributed by atoms with Crippen LogP contribution < -0.4 is 4.74 Å². The van der Waals surface area contributed by atoms with E-state index in [1.807, 2.05) is 6.92 Å². The van der Waals surface area contributed by atoms with Crippen LogP contribution in [0.5, 0.6) is 5.75 Å². The first-order chi connectivity index (χ1) is 11.5. The van der Waals surface area contributed by atoms with Gasteiger partial charge in [-0.2, -0.15) is 26.3 Å². The summed E-state index contributed by atoms with van der Waals surface area (Å²) in [4.78, 5) is 0. The summed E-state index contributed by atoms with van der Waals surface area (Å²) in [6, 6.07) is 5.40. The maximum absolute atomic E-state index is 13.9. The molecule has 0 heterocycles. The maximum Gasteiger partial charge on any atom is 0.431 e. The Bertz CT molecular complexity index is 526. The number of benzene rings is 1. The molecule has 0 amide bonds. The van der Waals surface area contributed by atoms with Crippen LogP contribution in [-0.2, 0) is 4.74 Å². The van der Waals surface area contributed by atoms with Gasteiger partial charge in [-0.05, 0) is 24.1 Å². The zero-order valence-electron chi connectivity index (χ0n) is 13.7. The Hall–Kier alpha value is -1.51. The van der Waals surface area contributed by atoms with Crippen molar-refractivity contribution in [2.24, 2.45) is 0 Å². The number of alkyl halides is 7. The smallest absolute Gasteiger partial charge is 0.431 e. The lowest BCUT2D eigenvalue weighted by Gasteiger charge is -2.32. The normalized spacial score (nSPS) is 14.4. The lowest BCUT2D eigenvalue weighted by Crippen LogP contribution is -2.54. The topological polar surface area (TPSA) is 18.5 Å². The van der Waals surface area contributed by atoms with Crippen molar-refractivity contribution in [1.82, 2.24) is 0 Å². The van der Waals surface area contributed by atoms with E-state index < -0.39 is 30.5 Å². The van der Waals surface area contributed by atoms with E-state index in [0.717, 1.165) is 20.0 Å². The van der Waals surface area contributed by atoms with Crippen molar-refractivity contribution < 1.29 is 40.2 Å². The predicted octanol–water partition coefficient (Wildman–Crippen LogP) is 5.78. The lowest BCUT2D eigenvalue weighted by molar-refractivity contribution is -0.348. The third kappa shape index (κ3) is 5.23. The highest BCUT2D eigenvalue weighted by Crippen LogP contribution is 2.51. The highest BCUT2D eigenvalue weighted by molar-refractivity contribution is 5.30. The van der Waals surface area contributed by atoms with Gasteiger partial charge in [0.1, 0.15) is 5.75 Å². The lowest BCUT2D eigenvalue weighted by atomic mass is 9.92. The molecule has 0 bridgehead atoms. The zero-order chi connectivity index (χ0) is 19.3. The molecule has 1 rings (SSSR count). The van der Waals surface area contributed by atoms with Crippen LogP contribution in [0.15, 0.2) is 24.3 Å². The molecule has 0 saturated heterocycles. The molecule has 0 fully saturated rings. The van der Waals surface area contributed by atoms with Crippen LogP contribution in [0.1, 0.15) is 37.9 Å². The van der Waals surface area contributed by atoms with Gasteiger partial charge >= 0.3 is 18.0 Å². The number of methoxy groups -OCH3 is 1. The molecular weight excluding hydrogens is 357 g/mol.